The van der Waals surface area contributed by atoms with Gasteiger partial charge in [0.15, 0.2) is 0 Å². The van der Waals surface area contributed by atoms with Crippen molar-refractivity contribution < 1.29 is 0 Å². The largest absolute Gasteiger partial charge is 0.377 e. The van der Waals surface area contributed by atoms with E-state index in [2.05, 4.69) is 70.1 Å². The lowest BCUT2D eigenvalue weighted by atomic mass is 9.96. The molecule has 0 amide bonds. The van der Waals surface area contributed by atoms with Crippen LogP contribution in [0, 0.1) is 5.92 Å². The van der Waals surface area contributed by atoms with Crippen molar-refractivity contribution in [3.05, 3.63) is 47.2 Å². The van der Waals surface area contributed by atoms with E-state index in [0.29, 0.717) is 0 Å². The number of rotatable bonds is 8. The van der Waals surface area contributed by atoms with E-state index in [1.54, 1.807) is 5.57 Å². The van der Waals surface area contributed by atoms with Gasteiger partial charge in [-0.05, 0) is 44.1 Å². The van der Waals surface area contributed by atoms with E-state index in [4.69, 9.17) is 0 Å². The number of nitrogens with zero attached hydrogens (tertiary/aromatic N) is 1. The fourth-order valence-corrected chi connectivity index (χ4v) is 2.97. The molecule has 0 saturated carbocycles. The van der Waals surface area contributed by atoms with Gasteiger partial charge in [-0.2, -0.15) is 0 Å². The summed E-state index contributed by atoms with van der Waals surface area (Å²) in [6, 6.07) is 0. The number of hydrogen-bond acceptors (Lipinski definition) is 1. The highest BCUT2D eigenvalue weighted by atomic mass is 15.1. The minimum atomic E-state index is 0.891. The van der Waals surface area contributed by atoms with Crippen molar-refractivity contribution in [2.75, 3.05) is 14.1 Å². The van der Waals surface area contributed by atoms with Crippen molar-refractivity contribution in [2.24, 2.45) is 5.92 Å². The van der Waals surface area contributed by atoms with Crippen molar-refractivity contribution in [3.63, 3.8) is 0 Å². The zero-order chi connectivity index (χ0) is 16.4. The number of likely N-dealkylation sites (N-methyl/N-ethyl adjacent to an activating group) is 1. The maximum absolute atomic E-state index is 2.44. The summed E-state index contributed by atoms with van der Waals surface area (Å²) in [5, 5.41) is 0. The molecule has 1 nitrogen and oxygen atoms in total. The molecule has 1 aliphatic rings. The van der Waals surface area contributed by atoms with Gasteiger partial charge in [0, 0.05) is 19.8 Å². The second-order valence-electron chi connectivity index (χ2n) is 6.69. The second kappa shape index (κ2) is 10.5. The molecule has 0 aromatic rings. The zero-order valence-corrected chi connectivity index (χ0v) is 15.4. The van der Waals surface area contributed by atoms with Crippen molar-refractivity contribution in [3.8, 4) is 0 Å². The molecule has 0 saturated heterocycles. The first-order valence-corrected chi connectivity index (χ1v) is 8.97. The van der Waals surface area contributed by atoms with Gasteiger partial charge in [-0.1, -0.05) is 69.1 Å². The molecule has 1 aliphatic carbocycles. The molecule has 0 aliphatic heterocycles. The summed E-state index contributed by atoms with van der Waals surface area (Å²) in [6.45, 7) is 6.78. The van der Waals surface area contributed by atoms with E-state index in [9.17, 15) is 0 Å². The van der Waals surface area contributed by atoms with E-state index >= 15 is 0 Å². The van der Waals surface area contributed by atoms with E-state index in [-0.39, 0.29) is 0 Å². The van der Waals surface area contributed by atoms with Crippen LogP contribution in [-0.2, 0) is 0 Å². The van der Waals surface area contributed by atoms with Crippen LogP contribution in [-0.4, -0.2) is 19.0 Å². The van der Waals surface area contributed by atoms with Gasteiger partial charge in [0.1, 0.15) is 0 Å². The van der Waals surface area contributed by atoms with Crippen LogP contribution in [0.3, 0.4) is 0 Å². The Balaban J connectivity index is 2.50. The summed E-state index contributed by atoms with van der Waals surface area (Å²) < 4.78 is 0. The molecule has 1 heteroatoms. The lowest BCUT2D eigenvalue weighted by Gasteiger charge is -2.19. The highest BCUT2D eigenvalue weighted by Gasteiger charge is 2.06. The van der Waals surface area contributed by atoms with Gasteiger partial charge >= 0.3 is 0 Å². The van der Waals surface area contributed by atoms with Crippen LogP contribution >= 0.6 is 0 Å². The average molecular weight is 302 g/mol. The first kappa shape index (κ1) is 18.8. The Bertz CT molecular complexity index is 435. The van der Waals surface area contributed by atoms with Crippen molar-refractivity contribution >= 4 is 0 Å². The first-order chi connectivity index (χ1) is 10.6. The summed E-state index contributed by atoms with van der Waals surface area (Å²) in [5.74, 6) is 0.891. The predicted molar refractivity (Wildman–Crippen MR) is 99.9 cm³/mol. The molecule has 1 unspecified atom stereocenters. The highest BCUT2D eigenvalue weighted by molar-refractivity contribution is 5.40. The van der Waals surface area contributed by atoms with Crippen LogP contribution in [0.15, 0.2) is 47.2 Å². The van der Waals surface area contributed by atoms with Crippen LogP contribution in [0.5, 0.6) is 0 Å². The third-order valence-corrected chi connectivity index (χ3v) is 4.61. The summed E-state index contributed by atoms with van der Waals surface area (Å²) in [6.07, 6.45) is 20.5. The lowest BCUT2D eigenvalue weighted by Crippen LogP contribution is -2.12. The molecular formula is C21H35N. The molecule has 0 heterocycles. The Labute approximate surface area is 138 Å². The van der Waals surface area contributed by atoms with E-state index < -0.39 is 0 Å². The Morgan fingerprint density at radius 2 is 2.05 bits per heavy atom. The molecule has 0 fully saturated rings. The van der Waals surface area contributed by atoms with Gasteiger partial charge in [0.2, 0.25) is 0 Å². The fraction of sp³-hybridized carbons (Fsp3) is 0.619. The average Bonchev–Trinajstić information content (AvgIpc) is 2.47. The monoisotopic (exact) mass is 301 g/mol. The van der Waals surface area contributed by atoms with Crippen LogP contribution in [0.2, 0.25) is 0 Å². The van der Waals surface area contributed by atoms with Gasteiger partial charge in [-0.25, -0.2) is 0 Å². The summed E-state index contributed by atoms with van der Waals surface area (Å²) in [7, 11) is 4.22. The van der Waals surface area contributed by atoms with Crippen LogP contribution in [0.4, 0.5) is 0 Å². The third kappa shape index (κ3) is 6.68. The minimum absolute atomic E-state index is 0.891. The van der Waals surface area contributed by atoms with Crippen LogP contribution < -0.4 is 0 Å². The summed E-state index contributed by atoms with van der Waals surface area (Å²) >= 11 is 0. The predicted octanol–water partition coefficient (Wildman–Crippen LogP) is 6.26. The van der Waals surface area contributed by atoms with Gasteiger partial charge < -0.3 is 4.90 Å². The van der Waals surface area contributed by atoms with Crippen molar-refractivity contribution in [1.82, 2.24) is 4.90 Å². The third-order valence-electron chi connectivity index (χ3n) is 4.61. The first-order valence-electron chi connectivity index (χ1n) is 8.97. The molecule has 22 heavy (non-hydrogen) atoms. The van der Waals surface area contributed by atoms with Gasteiger partial charge in [-0.3, -0.25) is 0 Å². The summed E-state index contributed by atoms with van der Waals surface area (Å²) in [5.41, 5.74) is 4.27. The maximum atomic E-state index is 2.44. The second-order valence-corrected chi connectivity index (χ2v) is 6.69. The number of unbranched alkanes of at least 4 members (excludes halogenated alkanes) is 1. The molecule has 0 aromatic carbocycles. The fourth-order valence-electron chi connectivity index (χ4n) is 2.97. The maximum Gasteiger partial charge on any atom is 0.0388 e. The molecule has 124 valence electrons. The van der Waals surface area contributed by atoms with Crippen molar-refractivity contribution in [2.45, 2.75) is 65.7 Å². The minimum Gasteiger partial charge on any atom is -0.377 e. The molecule has 0 spiro atoms. The van der Waals surface area contributed by atoms with Gasteiger partial charge in [-0.15, -0.1) is 0 Å². The lowest BCUT2D eigenvalue weighted by molar-refractivity contribution is 0.484. The van der Waals surface area contributed by atoms with Crippen LogP contribution in [0.25, 0.3) is 0 Å². The number of allylic oxidation sites excluding steroid dienone is 6. The molecule has 0 bridgehead atoms. The van der Waals surface area contributed by atoms with E-state index in [1.807, 2.05) is 0 Å². The molecule has 0 N–H and O–H groups in total. The Kier molecular flexibility index (Phi) is 8.96. The molecule has 0 radical (unpaired) electrons. The molecular weight excluding hydrogens is 266 g/mol. The zero-order valence-electron chi connectivity index (χ0n) is 15.4. The smallest absolute Gasteiger partial charge is 0.0388 e. The topological polar surface area (TPSA) is 3.24 Å². The normalized spacial score (nSPS) is 23.6. The van der Waals surface area contributed by atoms with Gasteiger partial charge in [0.25, 0.3) is 0 Å². The van der Waals surface area contributed by atoms with Crippen molar-refractivity contribution in [1.29, 1.82) is 0 Å². The molecule has 1 atom stereocenters. The standard InChI is InChI=1S/C21H35N/c1-6-18(3)12-8-9-13-19-14-10-16-20(17-11-15-19)21(7-2)22(4)5/h7,10,15-18H,6,8-9,11-14H2,1-5H3/b16-10-,19-15-,20-17-,21-7-. The van der Waals surface area contributed by atoms with Gasteiger partial charge in [0.05, 0.1) is 0 Å². The molecule has 0 aromatic heterocycles. The highest BCUT2D eigenvalue weighted by Crippen LogP contribution is 2.22. The SMILES string of the molecule is C/C=C(C1=C\C/C=C(/CCCCC(C)CC)C/C=C\1)\N(C)C. The Hall–Kier alpha value is -1.24. The Morgan fingerprint density at radius 3 is 2.68 bits per heavy atom. The van der Waals surface area contributed by atoms with E-state index in [1.165, 1.54) is 43.4 Å². The summed E-state index contributed by atoms with van der Waals surface area (Å²) in [4.78, 5) is 2.19. The van der Waals surface area contributed by atoms with E-state index in [0.717, 1.165) is 18.8 Å². The molecule has 1 rings (SSSR count). The van der Waals surface area contributed by atoms with Crippen LogP contribution in [0.1, 0.15) is 65.7 Å². The quantitative estimate of drug-likeness (QED) is 0.378. The Morgan fingerprint density at radius 1 is 1.27 bits per heavy atom. The number of hydrogen-bond donors (Lipinski definition) is 0.